The van der Waals surface area contributed by atoms with Gasteiger partial charge in [0, 0.05) is 25.5 Å². The molecule has 1 aromatic rings. The Morgan fingerprint density at radius 2 is 2.17 bits per heavy atom. The highest BCUT2D eigenvalue weighted by atomic mass is 16.5. The molecule has 3 unspecified atom stereocenters. The fourth-order valence-corrected chi connectivity index (χ4v) is 2.34. The zero-order chi connectivity index (χ0) is 13.0. The van der Waals surface area contributed by atoms with Gasteiger partial charge in [0.15, 0.2) is 0 Å². The van der Waals surface area contributed by atoms with E-state index in [9.17, 15) is 0 Å². The van der Waals surface area contributed by atoms with Gasteiger partial charge in [-0.2, -0.15) is 0 Å². The van der Waals surface area contributed by atoms with E-state index < -0.39 is 0 Å². The number of ether oxygens (including phenoxy) is 3. The van der Waals surface area contributed by atoms with E-state index in [4.69, 9.17) is 14.2 Å². The maximum atomic E-state index is 5.60. The molecule has 3 atom stereocenters. The number of hydrogen-bond donors (Lipinski definition) is 1. The van der Waals surface area contributed by atoms with Crippen LogP contribution in [0.5, 0.6) is 5.75 Å². The van der Waals surface area contributed by atoms with Crippen molar-refractivity contribution >= 4 is 5.69 Å². The Morgan fingerprint density at radius 1 is 1.33 bits per heavy atom. The lowest BCUT2D eigenvalue weighted by molar-refractivity contribution is -0.118. The van der Waals surface area contributed by atoms with Crippen molar-refractivity contribution in [3.05, 3.63) is 24.3 Å². The number of nitrogens with one attached hydrogen (secondary N) is 1. The Balaban J connectivity index is 1.93. The molecule has 1 aromatic carbocycles. The molecule has 4 nitrogen and oxygen atoms in total. The van der Waals surface area contributed by atoms with Gasteiger partial charge in [0.1, 0.15) is 11.9 Å². The van der Waals surface area contributed by atoms with Crippen molar-refractivity contribution in [2.75, 3.05) is 26.1 Å². The van der Waals surface area contributed by atoms with E-state index in [1.54, 1.807) is 14.2 Å². The van der Waals surface area contributed by atoms with Crippen LogP contribution in [-0.2, 0) is 9.47 Å². The first-order valence-electron chi connectivity index (χ1n) is 6.33. The number of benzene rings is 1. The quantitative estimate of drug-likeness (QED) is 0.842. The topological polar surface area (TPSA) is 39.7 Å². The van der Waals surface area contributed by atoms with E-state index in [-0.39, 0.29) is 12.2 Å². The summed E-state index contributed by atoms with van der Waals surface area (Å²) >= 11 is 0. The highest BCUT2D eigenvalue weighted by Crippen LogP contribution is 2.30. The van der Waals surface area contributed by atoms with Crippen LogP contribution in [0.2, 0.25) is 0 Å². The van der Waals surface area contributed by atoms with Crippen LogP contribution in [0.1, 0.15) is 13.3 Å². The third-order valence-corrected chi connectivity index (χ3v) is 3.32. The number of rotatable bonds is 6. The van der Waals surface area contributed by atoms with Gasteiger partial charge in [0.25, 0.3) is 0 Å². The summed E-state index contributed by atoms with van der Waals surface area (Å²) in [4.78, 5) is 0. The van der Waals surface area contributed by atoms with Gasteiger partial charge in [-0.05, 0) is 25.5 Å². The molecule has 1 aliphatic rings. The van der Waals surface area contributed by atoms with E-state index in [0.717, 1.165) is 24.5 Å². The molecular formula is C14H21NO3. The van der Waals surface area contributed by atoms with Crippen LogP contribution in [0, 0.1) is 0 Å². The van der Waals surface area contributed by atoms with Crippen molar-refractivity contribution in [2.24, 2.45) is 0 Å². The Morgan fingerprint density at radius 3 is 2.83 bits per heavy atom. The fourth-order valence-electron chi connectivity index (χ4n) is 2.34. The van der Waals surface area contributed by atoms with Crippen molar-refractivity contribution < 1.29 is 14.2 Å². The van der Waals surface area contributed by atoms with Crippen LogP contribution < -0.4 is 10.1 Å². The molecular weight excluding hydrogens is 230 g/mol. The Labute approximate surface area is 108 Å². The van der Waals surface area contributed by atoms with E-state index in [1.165, 1.54) is 0 Å². The smallest absolute Gasteiger partial charge is 0.120 e. The maximum Gasteiger partial charge on any atom is 0.120 e. The molecule has 2 rings (SSSR count). The summed E-state index contributed by atoms with van der Waals surface area (Å²) in [5.41, 5.74) is 1.05. The molecule has 1 N–H and O–H groups in total. The SMILES string of the molecule is CCOC1CC(Nc2cccc(OC)c2)C1OC. The largest absolute Gasteiger partial charge is 0.497 e. The zero-order valence-corrected chi connectivity index (χ0v) is 11.2. The van der Waals surface area contributed by atoms with Crippen LogP contribution in [0.3, 0.4) is 0 Å². The monoisotopic (exact) mass is 251 g/mol. The van der Waals surface area contributed by atoms with Crippen LogP contribution in [0.15, 0.2) is 24.3 Å². The zero-order valence-electron chi connectivity index (χ0n) is 11.2. The minimum atomic E-state index is 0.121. The summed E-state index contributed by atoms with van der Waals surface area (Å²) < 4.78 is 16.3. The maximum absolute atomic E-state index is 5.60. The first-order valence-corrected chi connectivity index (χ1v) is 6.33. The van der Waals surface area contributed by atoms with E-state index in [1.807, 2.05) is 31.2 Å². The lowest BCUT2D eigenvalue weighted by atomic mass is 9.85. The second kappa shape index (κ2) is 6.07. The molecule has 4 heteroatoms. The minimum Gasteiger partial charge on any atom is -0.497 e. The van der Waals surface area contributed by atoms with E-state index in [2.05, 4.69) is 5.32 Å². The van der Waals surface area contributed by atoms with Crippen molar-refractivity contribution in [1.82, 2.24) is 0 Å². The molecule has 0 spiro atoms. The third kappa shape index (κ3) is 2.76. The summed E-state index contributed by atoms with van der Waals surface area (Å²) in [6, 6.07) is 8.23. The summed E-state index contributed by atoms with van der Waals surface area (Å²) in [5.74, 6) is 0.856. The molecule has 0 radical (unpaired) electrons. The van der Waals surface area contributed by atoms with Crippen molar-refractivity contribution in [3.8, 4) is 5.75 Å². The van der Waals surface area contributed by atoms with Crippen LogP contribution >= 0.6 is 0 Å². The highest BCUT2D eigenvalue weighted by molar-refractivity contribution is 5.49. The van der Waals surface area contributed by atoms with Crippen LogP contribution in [0.25, 0.3) is 0 Å². The van der Waals surface area contributed by atoms with E-state index >= 15 is 0 Å². The molecule has 0 amide bonds. The second-order valence-corrected chi connectivity index (χ2v) is 4.41. The molecule has 0 heterocycles. The van der Waals surface area contributed by atoms with Gasteiger partial charge in [0.2, 0.25) is 0 Å². The van der Waals surface area contributed by atoms with Gasteiger partial charge < -0.3 is 19.5 Å². The highest BCUT2D eigenvalue weighted by Gasteiger charge is 2.42. The summed E-state index contributed by atoms with van der Waals surface area (Å²) in [5, 5.41) is 3.46. The number of hydrogen-bond acceptors (Lipinski definition) is 4. The number of anilines is 1. The lowest BCUT2D eigenvalue weighted by Gasteiger charge is -2.43. The van der Waals surface area contributed by atoms with Crippen LogP contribution in [0.4, 0.5) is 5.69 Å². The Bertz CT molecular complexity index is 383. The summed E-state index contributed by atoms with van der Waals surface area (Å²) in [6.45, 7) is 2.74. The predicted octanol–water partition coefficient (Wildman–Crippen LogP) is 2.30. The first-order chi connectivity index (χ1) is 8.78. The van der Waals surface area contributed by atoms with Crippen molar-refractivity contribution in [2.45, 2.75) is 31.6 Å². The molecule has 0 aliphatic heterocycles. The molecule has 0 aromatic heterocycles. The molecule has 1 aliphatic carbocycles. The average Bonchev–Trinajstić information content (AvgIpc) is 2.38. The van der Waals surface area contributed by atoms with Gasteiger partial charge in [-0.15, -0.1) is 0 Å². The Hall–Kier alpha value is -1.26. The van der Waals surface area contributed by atoms with Gasteiger partial charge in [-0.3, -0.25) is 0 Å². The van der Waals surface area contributed by atoms with Gasteiger partial charge in [-0.1, -0.05) is 6.07 Å². The minimum absolute atomic E-state index is 0.121. The van der Waals surface area contributed by atoms with E-state index in [0.29, 0.717) is 6.04 Å². The molecule has 0 bridgehead atoms. The summed E-state index contributed by atoms with van der Waals surface area (Å²) in [6.07, 6.45) is 1.31. The summed E-state index contributed by atoms with van der Waals surface area (Å²) in [7, 11) is 3.40. The van der Waals surface area contributed by atoms with Gasteiger partial charge >= 0.3 is 0 Å². The molecule has 1 saturated carbocycles. The van der Waals surface area contributed by atoms with Crippen molar-refractivity contribution in [3.63, 3.8) is 0 Å². The molecule has 100 valence electrons. The molecule has 0 saturated heterocycles. The normalized spacial score (nSPS) is 26.5. The average molecular weight is 251 g/mol. The van der Waals surface area contributed by atoms with Gasteiger partial charge in [0.05, 0.1) is 19.3 Å². The molecule has 18 heavy (non-hydrogen) atoms. The fraction of sp³-hybridized carbons (Fsp3) is 0.571. The van der Waals surface area contributed by atoms with Gasteiger partial charge in [-0.25, -0.2) is 0 Å². The number of methoxy groups -OCH3 is 2. The predicted molar refractivity (Wildman–Crippen MR) is 71.2 cm³/mol. The van der Waals surface area contributed by atoms with Crippen molar-refractivity contribution in [1.29, 1.82) is 0 Å². The standard InChI is InChI=1S/C14H21NO3/c1-4-18-13-9-12(14(13)17-3)15-10-6-5-7-11(8-10)16-2/h5-8,12-15H,4,9H2,1-3H3. The van der Waals surface area contributed by atoms with Crippen LogP contribution in [-0.4, -0.2) is 39.1 Å². The Kier molecular flexibility index (Phi) is 4.44. The second-order valence-electron chi connectivity index (χ2n) is 4.41. The lowest BCUT2D eigenvalue weighted by Crippen LogP contribution is -2.56. The molecule has 1 fully saturated rings. The first kappa shape index (κ1) is 13.2. The third-order valence-electron chi connectivity index (χ3n) is 3.32.